The van der Waals surface area contributed by atoms with Gasteiger partial charge in [0.2, 0.25) is 0 Å². The molecule has 1 N–H and O–H groups in total. The van der Waals surface area contributed by atoms with Crippen molar-refractivity contribution in [3.05, 3.63) is 0 Å². The van der Waals surface area contributed by atoms with Crippen molar-refractivity contribution in [2.24, 2.45) is 11.8 Å². The Morgan fingerprint density at radius 3 is 2.12 bits per heavy atom. The van der Waals surface area contributed by atoms with Crippen LogP contribution in [0.1, 0.15) is 6.92 Å². The predicted octanol–water partition coefficient (Wildman–Crippen LogP) is 0.944. The van der Waals surface area contributed by atoms with E-state index in [-0.39, 0.29) is 17.2 Å². The Kier molecular flexibility index (Phi) is 1.19. The number of carbonyl (C=O) groups is 1. The summed E-state index contributed by atoms with van der Waals surface area (Å²) >= 11 is 5.52. The van der Waals surface area contributed by atoms with Crippen molar-refractivity contribution in [2.75, 3.05) is 0 Å². The fourth-order valence-electron chi connectivity index (χ4n) is 0.775. The first-order chi connectivity index (χ1) is 3.64. The second-order valence-corrected chi connectivity index (χ2v) is 2.67. The molecule has 3 heteroatoms. The molecule has 0 unspecified atom stereocenters. The quantitative estimate of drug-likeness (QED) is 0.542. The highest BCUT2D eigenvalue weighted by Crippen LogP contribution is 2.43. The number of halogens is 1. The standard InChI is InChI=1S/C5H7ClO2/c1-2-3(4(2)6)5(7)8/h2-4H,1H3,(H,7,8)/t2-,3+,4+/m0/s1. The van der Waals surface area contributed by atoms with E-state index in [2.05, 4.69) is 0 Å². The minimum atomic E-state index is -0.766. The van der Waals surface area contributed by atoms with Gasteiger partial charge in [0.1, 0.15) is 0 Å². The van der Waals surface area contributed by atoms with Crippen molar-refractivity contribution in [1.29, 1.82) is 0 Å². The van der Waals surface area contributed by atoms with Gasteiger partial charge in [-0.3, -0.25) is 4.79 Å². The molecule has 1 aliphatic carbocycles. The molecule has 1 rings (SSSR count). The normalized spacial score (nSPS) is 44.0. The molecule has 0 spiro atoms. The first-order valence-electron chi connectivity index (χ1n) is 2.51. The number of carboxylic acids is 1. The number of aliphatic carboxylic acids is 1. The molecule has 0 aromatic rings. The Hall–Kier alpha value is -0.240. The molecule has 0 radical (unpaired) electrons. The molecule has 0 heterocycles. The molecule has 2 nitrogen and oxygen atoms in total. The van der Waals surface area contributed by atoms with Crippen molar-refractivity contribution in [1.82, 2.24) is 0 Å². The highest BCUT2D eigenvalue weighted by molar-refractivity contribution is 6.24. The number of carboxylic acid groups (broad SMARTS) is 1. The zero-order chi connectivity index (χ0) is 6.31. The van der Waals surface area contributed by atoms with Gasteiger partial charge in [0.05, 0.1) is 11.3 Å². The maximum Gasteiger partial charge on any atom is 0.308 e. The average Bonchev–Trinajstić information content (AvgIpc) is 2.15. The number of hydrogen-bond acceptors (Lipinski definition) is 1. The second kappa shape index (κ2) is 1.62. The van der Waals surface area contributed by atoms with Crippen molar-refractivity contribution in [3.8, 4) is 0 Å². The molecule has 3 atom stereocenters. The first-order valence-corrected chi connectivity index (χ1v) is 2.95. The fourth-order valence-corrected chi connectivity index (χ4v) is 1.19. The van der Waals surface area contributed by atoms with Gasteiger partial charge in [-0.2, -0.15) is 0 Å². The molecule has 1 saturated carbocycles. The molecule has 0 aromatic heterocycles. The monoisotopic (exact) mass is 134 g/mol. The number of hydrogen-bond donors (Lipinski definition) is 1. The highest BCUT2D eigenvalue weighted by atomic mass is 35.5. The minimum Gasteiger partial charge on any atom is -0.481 e. The molecule has 1 aliphatic rings. The first kappa shape index (κ1) is 5.89. The van der Waals surface area contributed by atoms with Crippen LogP contribution in [0, 0.1) is 11.8 Å². The van der Waals surface area contributed by atoms with Crippen LogP contribution in [0.4, 0.5) is 0 Å². The van der Waals surface area contributed by atoms with Crippen molar-refractivity contribution in [3.63, 3.8) is 0 Å². The maximum atomic E-state index is 10.1. The zero-order valence-corrected chi connectivity index (χ0v) is 5.22. The van der Waals surface area contributed by atoms with Crippen LogP contribution in [0.25, 0.3) is 0 Å². The van der Waals surface area contributed by atoms with Crippen LogP contribution in [0.15, 0.2) is 0 Å². The van der Waals surface area contributed by atoms with Crippen molar-refractivity contribution >= 4 is 17.6 Å². The molecule has 46 valence electrons. The van der Waals surface area contributed by atoms with E-state index in [1.807, 2.05) is 6.92 Å². The lowest BCUT2D eigenvalue weighted by molar-refractivity contribution is -0.138. The van der Waals surface area contributed by atoms with Gasteiger partial charge in [0.15, 0.2) is 0 Å². The Labute approximate surface area is 52.5 Å². The lowest BCUT2D eigenvalue weighted by Crippen LogP contribution is -1.99. The van der Waals surface area contributed by atoms with E-state index in [1.54, 1.807) is 0 Å². The summed E-state index contributed by atoms with van der Waals surface area (Å²) in [5.41, 5.74) is 0. The zero-order valence-electron chi connectivity index (χ0n) is 4.47. The van der Waals surface area contributed by atoms with Gasteiger partial charge in [0.25, 0.3) is 0 Å². The molecule has 0 aliphatic heterocycles. The van der Waals surface area contributed by atoms with Gasteiger partial charge >= 0.3 is 5.97 Å². The SMILES string of the molecule is C[C@@H]1[C@@H](Cl)[C@@H]1C(=O)O. The van der Waals surface area contributed by atoms with E-state index >= 15 is 0 Å². The van der Waals surface area contributed by atoms with Crippen LogP contribution in [-0.2, 0) is 4.79 Å². The van der Waals surface area contributed by atoms with Crippen LogP contribution >= 0.6 is 11.6 Å². The summed E-state index contributed by atoms with van der Waals surface area (Å²) in [6.07, 6.45) is 0. The van der Waals surface area contributed by atoms with E-state index in [0.29, 0.717) is 0 Å². The van der Waals surface area contributed by atoms with Crippen LogP contribution in [-0.4, -0.2) is 16.5 Å². The topological polar surface area (TPSA) is 37.3 Å². The summed E-state index contributed by atoms with van der Waals surface area (Å²) in [5, 5.41) is 8.19. The largest absolute Gasteiger partial charge is 0.481 e. The molecule has 8 heavy (non-hydrogen) atoms. The smallest absolute Gasteiger partial charge is 0.308 e. The Balaban J connectivity index is 2.44. The molecule has 0 aromatic carbocycles. The summed E-state index contributed by atoms with van der Waals surface area (Å²) in [4.78, 5) is 10.1. The van der Waals surface area contributed by atoms with Crippen LogP contribution < -0.4 is 0 Å². The highest BCUT2D eigenvalue weighted by Gasteiger charge is 2.50. The summed E-state index contributed by atoms with van der Waals surface area (Å²) < 4.78 is 0. The molecule has 0 bridgehead atoms. The van der Waals surface area contributed by atoms with E-state index < -0.39 is 5.97 Å². The lowest BCUT2D eigenvalue weighted by Gasteiger charge is -1.80. The number of alkyl halides is 1. The molecular weight excluding hydrogens is 128 g/mol. The second-order valence-electron chi connectivity index (χ2n) is 2.17. The van der Waals surface area contributed by atoms with E-state index in [9.17, 15) is 4.79 Å². The van der Waals surface area contributed by atoms with E-state index in [1.165, 1.54) is 0 Å². The summed E-state index contributed by atoms with van der Waals surface area (Å²) in [6, 6.07) is 0. The third-order valence-corrected chi connectivity index (χ3v) is 2.23. The van der Waals surface area contributed by atoms with E-state index in [4.69, 9.17) is 16.7 Å². The van der Waals surface area contributed by atoms with E-state index in [0.717, 1.165) is 0 Å². The number of rotatable bonds is 1. The summed E-state index contributed by atoms with van der Waals surface area (Å²) in [5.74, 6) is -0.872. The van der Waals surface area contributed by atoms with Crippen LogP contribution in [0.2, 0.25) is 0 Å². The predicted molar refractivity (Wildman–Crippen MR) is 29.9 cm³/mol. The van der Waals surface area contributed by atoms with Gasteiger partial charge < -0.3 is 5.11 Å². The van der Waals surface area contributed by atoms with Crippen molar-refractivity contribution < 1.29 is 9.90 Å². The molecule has 0 amide bonds. The molecule has 0 saturated heterocycles. The average molecular weight is 135 g/mol. The minimum absolute atomic E-state index is 0.118. The third kappa shape index (κ3) is 0.689. The van der Waals surface area contributed by atoms with Crippen LogP contribution in [0.3, 0.4) is 0 Å². The van der Waals surface area contributed by atoms with Gasteiger partial charge in [-0.05, 0) is 5.92 Å². The summed E-state index contributed by atoms with van der Waals surface area (Å²) in [6.45, 7) is 1.84. The van der Waals surface area contributed by atoms with Gasteiger partial charge in [-0.25, -0.2) is 0 Å². The summed E-state index contributed by atoms with van der Waals surface area (Å²) in [7, 11) is 0. The van der Waals surface area contributed by atoms with Crippen molar-refractivity contribution in [2.45, 2.75) is 12.3 Å². The van der Waals surface area contributed by atoms with Crippen LogP contribution in [0.5, 0.6) is 0 Å². The fraction of sp³-hybridized carbons (Fsp3) is 0.800. The Morgan fingerprint density at radius 1 is 1.75 bits per heavy atom. The third-order valence-electron chi connectivity index (χ3n) is 1.56. The maximum absolute atomic E-state index is 10.1. The lowest BCUT2D eigenvalue weighted by atomic mass is 10.3. The molecular formula is C5H7ClO2. The molecule has 1 fully saturated rings. The van der Waals surface area contributed by atoms with Gasteiger partial charge in [-0.15, -0.1) is 11.6 Å². The van der Waals surface area contributed by atoms with Gasteiger partial charge in [0, 0.05) is 0 Å². The Morgan fingerprint density at radius 2 is 2.12 bits per heavy atom. The Bertz CT molecular complexity index is 116. The van der Waals surface area contributed by atoms with Gasteiger partial charge in [-0.1, -0.05) is 6.92 Å².